The molecule has 0 amide bonds. The van der Waals surface area contributed by atoms with Crippen molar-refractivity contribution in [3.8, 4) is 0 Å². The van der Waals surface area contributed by atoms with Crippen LogP contribution in [0.3, 0.4) is 0 Å². The highest BCUT2D eigenvalue weighted by atomic mass is 15.1. The minimum absolute atomic E-state index is 0.967. The van der Waals surface area contributed by atoms with Crippen LogP contribution >= 0.6 is 0 Å². The van der Waals surface area contributed by atoms with Crippen molar-refractivity contribution in [3.63, 3.8) is 0 Å². The number of nitrogens with one attached hydrogen (secondary N) is 1. The van der Waals surface area contributed by atoms with Gasteiger partial charge in [0, 0.05) is 0 Å². The van der Waals surface area contributed by atoms with Crippen LogP contribution in [0.25, 0.3) is 0 Å². The quantitative estimate of drug-likeness (QED) is 0.622. The molecule has 2 heteroatoms. The first kappa shape index (κ1) is 13.0. The van der Waals surface area contributed by atoms with E-state index in [-0.39, 0.29) is 0 Å². The maximum atomic E-state index is 3.44. The van der Waals surface area contributed by atoms with E-state index in [4.69, 9.17) is 0 Å². The lowest BCUT2D eigenvalue weighted by atomic mass is 10.0. The fourth-order valence-electron chi connectivity index (χ4n) is 2.35. The highest BCUT2D eigenvalue weighted by Crippen LogP contribution is 2.14. The molecule has 1 unspecified atom stereocenters. The summed E-state index contributed by atoms with van der Waals surface area (Å²) < 4.78 is 0. The number of rotatable bonds is 8. The molecule has 1 aliphatic heterocycles. The second kappa shape index (κ2) is 8.12. The van der Waals surface area contributed by atoms with E-state index in [1.807, 2.05) is 0 Å². The molecule has 1 saturated heterocycles. The van der Waals surface area contributed by atoms with Gasteiger partial charge < -0.3 is 10.2 Å². The maximum absolute atomic E-state index is 3.44. The summed E-state index contributed by atoms with van der Waals surface area (Å²) in [7, 11) is 2.27. The zero-order valence-electron chi connectivity index (χ0n) is 10.6. The third-order valence-electron chi connectivity index (χ3n) is 3.46. The monoisotopic (exact) mass is 212 g/mol. The second-order valence-electron chi connectivity index (χ2n) is 5.01. The van der Waals surface area contributed by atoms with Gasteiger partial charge in [-0.1, -0.05) is 19.8 Å². The molecule has 1 fully saturated rings. The van der Waals surface area contributed by atoms with E-state index >= 15 is 0 Å². The number of unbranched alkanes of at least 4 members (excludes halogenated alkanes) is 2. The lowest BCUT2D eigenvalue weighted by Gasteiger charge is -2.17. The SMILES string of the molecule is CCCCCN(C)CCCC1CCNC1. The van der Waals surface area contributed by atoms with Gasteiger partial charge in [0.15, 0.2) is 0 Å². The van der Waals surface area contributed by atoms with Crippen molar-refractivity contribution in [2.24, 2.45) is 5.92 Å². The Balaban J connectivity index is 1.89. The molecule has 0 aliphatic carbocycles. The highest BCUT2D eigenvalue weighted by Gasteiger charge is 2.13. The minimum atomic E-state index is 0.967. The van der Waals surface area contributed by atoms with Gasteiger partial charge in [-0.15, -0.1) is 0 Å². The number of nitrogens with zero attached hydrogens (tertiary/aromatic N) is 1. The van der Waals surface area contributed by atoms with Gasteiger partial charge in [0.2, 0.25) is 0 Å². The van der Waals surface area contributed by atoms with Crippen LogP contribution in [-0.2, 0) is 0 Å². The van der Waals surface area contributed by atoms with Crippen molar-refractivity contribution in [1.82, 2.24) is 10.2 Å². The Kier molecular flexibility index (Phi) is 7.03. The smallest absolute Gasteiger partial charge is 0.00200 e. The summed E-state index contributed by atoms with van der Waals surface area (Å²) in [5.41, 5.74) is 0. The van der Waals surface area contributed by atoms with Crippen LogP contribution in [0.4, 0.5) is 0 Å². The molecule has 15 heavy (non-hydrogen) atoms. The first-order valence-electron chi connectivity index (χ1n) is 6.72. The molecular weight excluding hydrogens is 184 g/mol. The van der Waals surface area contributed by atoms with Crippen molar-refractivity contribution in [2.45, 2.75) is 45.4 Å². The third-order valence-corrected chi connectivity index (χ3v) is 3.46. The first-order chi connectivity index (χ1) is 7.33. The molecule has 0 saturated carbocycles. The van der Waals surface area contributed by atoms with Gasteiger partial charge in [0.25, 0.3) is 0 Å². The Labute approximate surface area is 95.4 Å². The zero-order valence-corrected chi connectivity index (χ0v) is 10.6. The predicted octanol–water partition coefficient (Wildman–Crippen LogP) is 2.50. The predicted molar refractivity (Wildman–Crippen MR) is 67.2 cm³/mol. The van der Waals surface area contributed by atoms with E-state index in [0.717, 1.165) is 5.92 Å². The van der Waals surface area contributed by atoms with Crippen LogP contribution in [0.5, 0.6) is 0 Å². The van der Waals surface area contributed by atoms with E-state index in [1.54, 1.807) is 0 Å². The van der Waals surface area contributed by atoms with E-state index in [1.165, 1.54) is 64.7 Å². The van der Waals surface area contributed by atoms with E-state index in [2.05, 4.69) is 24.2 Å². The Morgan fingerprint density at radius 2 is 2.00 bits per heavy atom. The summed E-state index contributed by atoms with van der Waals surface area (Å²) in [6, 6.07) is 0. The van der Waals surface area contributed by atoms with Crippen molar-refractivity contribution in [3.05, 3.63) is 0 Å². The van der Waals surface area contributed by atoms with Crippen molar-refractivity contribution in [2.75, 3.05) is 33.2 Å². The first-order valence-corrected chi connectivity index (χ1v) is 6.72. The van der Waals surface area contributed by atoms with Gasteiger partial charge in [0.1, 0.15) is 0 Å². The number of hydrogen-bond donors (Lipinski definition) is 1. The van der Waals surface area contributed by atoms with Crippen LogP contribution in [0.1, 0.15) is 45.4 Å². The topological polar surface area (TPSA) is 15.3 Å². The van der Waals surface area contributed by atoms with Crippen molar-refractivity contribution in [1.29, 1.82) is 0 Å². The lowest BCUT2D eigenvalue weighted by molar-refractivity contribution is 0.308. The van der Waals surface area contributed by atoms with Gasteiger partial charge >= 0.3 is 0 Å². The summed E-state index contributed by atoms with van der Waals surface area (Å²) >= 11 is 0. The average Bonchev–Trinajstić information content (AvgIpc) is 2.71. The van der Waals surface area contributed by atoms with Crippen LogP contribution in [0.15, 0.2) is 0 Å². The molecule has 1 rings (SSSR count). The van der Waals surface area contributed by atoms with E-state index < -0.39 is 0 Å². The molecule has 1 atom stereocenters. The van der Waals surface area contributed by atoms with Crippen LogP contribution < -0.4 is 5.32 Å². The molecule has 0 aromatic carbocycles. The average molecular weight is 212 g/mol. The molecule has 0 spiro atoms. The standard InChI is InChI=1S/C13H28N2/c1-3-4-5-10-15(2)11-6-7-13-8-9-14-12-13/h13-14H,3-12H2,1-2H3. The maximum Gasteiger partial charge on any atom is -0.00200 e. The van der Waals surface area contributed by atoms with Crippen LogP contribution in [0.2, 0.25) is 0 Å². The van der Waals surface area contributed by atoms with Crippen molar-refractivity contribution >= 4 is 0 Å². The Bertz CT molecular complexity index is 141. The highest BCUT2D eigenvalue weighted by molar-refractivity contribution is 4.71. The molecule has 1 aliphatic rings. The van der Waals surface area contributed by atoms with E-state index in [9.17, 15) is 0 Å². The summed E-state index contributed by atoms with van der Waals surface area (Å²) in [6.45, 7) is 7.36. The Hall–Kier alpha value is -0.0800. The molecule has 2 nitrogen and oxygen atoms in total. The van der Waals surface area contributed by atoms with Gasteiger partial charge in [-0.05, 0) is 64.8 Å². The minimum Gasteiger partial charge on any atom is -0.316 e. The molecule has 0 radical (unpaired) electrons. The fourth-order valence-corrected chi connectivity index (χ4v) is 2.35. The fraction of sp³-hybridized carbons (Fsp3) is 1.00. The van der Waals surface area contributed by atoms with Gasteiger partial charge in [-0.3, -0.25) is 0 Å². The third kappa shape index (κ3) is 6.16. The van der Waals surface area contributed by atoms with Gasteiger partial charge in [0.05, 0.1) is 0 Å². The van der Waals surface area contributed by atoms with Crippen LogP contribution in [-0.4, -0.2) is 38.1 Å². The summed E-state index contributed by atoms with van der Waals surface area (Å²) in [6.07, 6.45) is 8.30. The van der Waals surface area contributed by atoms with Crippen molar-refractivity contribution < 1.29 is 0 Å². The Morgan fingerprint density at radius 1 is 1.20 bits per heavy atom. The molecule has 0 bridgehead atoms. The van der Waals surface area contributed by atoms with Crippen LogP contribution in [0, 0.1) is 5.92 Å². The van der Waals surface area contributed by atoms with E-state index in [0.29, 0.717) is 0 Å². The van der Waals surface area contributed by atoms with Gasteiger partial charge in [-0.25, -0.2) is 0 Å². The molecule has 0 aromatic heterocycles. The summed E-state index contributed by atoms with van der Waals surface area (Å²) in [4.78, 5) is 2.50. The molecule has 90 valence electrons. The molecule has 1 heterocycles. The zero-order chi connectivity index (χ0) is 10.9. The van der Waals surface area contributed by atoms with Gasteiger partial charge in [-0.2, -0.15) is 0 Å². The molecule has 1 N–H and O–H groups in total. The Morgan fingerprint density at radius 3 is 2.67 bits per heavy atom. The second-order valence-corrected chi connectivity index (χ2v) is 5.01. The lowest BCUT2D eigenvalue weighted by Crippen LogP contribution is -2.21. The largest absolute Gasteiger partial charge is 0.316 e. The molecule has 0 aromatic rings. The summed E-state index contributed by atoms with van der Waals surface area (Å²) in [5, 5.41) is 3.44. The number of hydrogen-bond acceptors (Lipinski definition) is 2. The molecular formula is C13H28N2. The summed E-state index contributed by atoms with van der Waals surface area (Å²) in [5.74, 6) is 0.967. The normalized spacial score (nSPS) is 21.4.